The van der Waals surface area contributed by atoms with Crippen LogP contribution in [0.4, 0.5) is 5.69 Å². The minimum atomic E-state index is -3.77. The third-order valence-corrected chi connectivity index (χ3v) is 6.57. The quantitative estimate of drug-likeness (QED) is 0.546. The zero-order valence-electron chi connectivity index (χ0n) is 18.3. The van der Waals surface area contributed by atoms with Crippen LogP contribution in [0.5, 0.6) is 5.75 Å². The molecule has 0 aliphatic carbocycles. The van der Waals surface area contributed by atoms with Crippen molar-refractivity contribution in [3.8, 4) is 5.75 Å². The van der Waals surface area contributed by atoms with E-state index in [0.717, 1.165) is 17.7 Å². The van der Waals surface area contributed by atoms with Crippen molar-refractivity contribution >= 4 is 27.5 Å². The lowest BCUT2D eigenvalue weighted by Gasteiger charge is -2.11. The van der Waals surface area contributed by atoms with Gasteiger partial charge in [0.2, 0.25) is 0 Å². The van der Waals surface area contributed by atoms with Crippen LogP contribution in [0.3, 0.4) is 0 Å². The topological polar surface area (TPSA) is 123 Å². The molecular weight excluding hydrogens is 444 g/mol. The maximum atomic E-state index is 12.8. The number of hydrogen-bond acceptors (Lipinski definition) is 7. The molecule has 1 aliphatic heterocycles. The Kier molecular flexibility index (Phi) is 6.45. The normalized spacial score (nSPS) is 13.5. The number of nitrogens with one attached hydrogen (secondary N) is 2. The maximum absolute atomic E-state index is 12.8. The fourth-order valence-corrected chi connectivity index (χ4v) is 4.51. The van der Waals surface area contributed by atoms with Gasteiger partial charge in [0.25, 0.3) is 15.9 Å². The van der Waals surface area contributed by atoms with Crippen LogP contribution in [-0.2, 0) is 16.6 Å². The van der Waals surface area contributed by atoms with E-state index in [4.69, 9.17) is 9.26 Å². The Morgan fingerprint density at radius 2 is 1.97 bits per heavy atom. The zero-order valence-corrected chi connectivity index (χ0v) is 19.1. The van der Waals surface area contributed by atoms with Gasteiger partial charge in [-0.1, -0.05) is 17.3 Å². The summed E-state index contributed by atoms with van der Waals surface area (Å²) >= 11 is 0. The van der Waals surface area contributed by atoms with Crippen LogP contribution in [0, 0.1) is 13.8 Å². The summed E-state index contributed by atoms with van der Waals surface area (Å²) in [7, 11) is -3.77. The summed E-state index contributed by atoms with van der Waals surface area (Å²) in [6.07, 6.45) is 1.43. The van der Waals surface area contributed by atoms with Gasteiger partial charge in [-0.05, 0) is 56.7 Å². The molecule has 0 bridgehead atoms. The first-order valence-electron chi connectivity index (χ1n) is 10.4. The second-order valence-electron chi connectivity index (χ2n) is 7.64. The van der Waals surface area contributed by atoms with Crippen molar-refractivity contribution in [1.29, 1.82) is 0 Å². The predicted octanol–water partition coefficient (Wildman–Crippen LogP) is 3.59. The minimum absolute atomic E-state index is 0.0476. The van der Waals surface area contributed by atoms with Gasteiger partial charge < -0.3 is 14.6 Å². The van der Waals surface area contributed by atoms with Crippen LogP contribution in [-0.4, -0.2) is 31.9 Å². The molecule has 1 aromatic heterocycles. The Morgan fingerprint density at radius 3 is 2.70 bits per heavy atom. The average molecular weight is 469 g/mol. The van der Waals surface area contributed by atoms with Crippen molar-refractivity contribution in [2.45, 2.75) is 38.2 Å². The van der Waals surface area contributed by atoms with Crippen molar-refractivity contribution in [3.63, 3.8) is 0 Å². The summed E-state index contributed by atoms with van der Waals surface area (Å²) < 4.78 is 38.7. The van der Waals surface area contributed by atoms with Gasteiger partial charge in [-0.15, -0.1) is 0 Å². The number of benzene rings is 2. The van der Waals surface area contributed by atoms with Crippen molar-refractivity contribution in [3.05, 3.63) is 71.1 Å². The summed E-state index contributed by atoms with van der Waals surface area (Å²) in [4.78, 5) is 17.0. The monoisotopic (exact) mass is 468 g/mol. The van der Waals surface area contributed by atoms with E-state index in [0.29, 0.717) is 41.6 Å². The first-order valence-corrected chi connectivity index (χ1v) is 11.9. The SMILES string of the molecule is Cc1noc(C)c1COc1cccc(C(=O)Nc2cccc(S(=O)(=O)NC3=NCCC3)c2)c1. The molecule has 0 atom stereocenters. The Balaban J connectivity index is 1.44. The van der Waals surface area contributed by atoms with Crippen LogP contribution in [0.25, 0.3) is 0 Å². The van der Waals surface area contributed by atoms with Gasteiger partial charge in [0, 0.05) is 24.2 Å². The van der Waals surface area contributed by atoms with Crippen LogP contribution in [0.2, 0.25) is 0 Å². The van der Waals surface area contributed by atoms with E-state index in [1.165, 1.54) is 12.1 Å². The first-order chi connectivity index (χ1) is 15.8. The molecule has 0 unspecified atom stereocenters. The number of aryl methyl sites for hydroxylation is 2. The Bertz CT molecular complexity index is 1290. The molecule has 33 heavy (non-hydrogen) atoms. The molecule has 10 heteroatoms. The average Bonchev–Trinajstić information content (AvgIpc) is 3.41. The van der Waals surface area contributed by atoms with Gasteiger partial charge in [0.15, 0.2) is 0 Å². The molecule has 2 heterocycles. The van der Waals surface area contributed by atoms with Gasteiger partial charge >= 0.3 is 0 Å². The van der Waals surface area contributed by atoms with E-state index in [1.807, 2.05) is 13.8 Å². The van der Waals surface area contributed by atoms with E-state index in [2.05, 4.69) is 20.2 Å². The van der Waals surface area contributed by atoms with E-state index in [-0.39, 0.29) is 17.4 Å². The van der Waals surface area contributed by atoms with Crippen molar-refractivity contribution in [1.82, 2.24) is 9.88 Å². The highest BCUT2D eigenvalue weighted by Gasteiger charge is 2.19. The largest absolute Gasteiger partial charge is 0.489 e. The second kappa shape index (κ2) is 9.45. The number of amides is 1. The molecule has 1 aliphatic rings. The number of carbonyl (C=O) groups is 1. The van der Waals surface area contributed by atoms with Crippen LogP contribution < -0.4 is 14.8 Å². The van der Waals surface area contributed by atoms with Crippen molar-refractivity contribution in [2.24, 2.45) is 4.99 Å². The smallest absolute Gasteiger partial charge is 0.262 e. The summed E-state index contributed by atoms with van der Waals surface area (Å²) in [6, 6.07) is 12.8. The number of anilines is 1. The highest BCUT2D eigenvalue weighted by Crippen LogP contribution is 2.21. The van der Waals surface area contributed by atoms with E-state index in [9.17, 15) is 13.2 Å². The number of rotatable bonds is 7. The fraction of sp³-hybridized carbons (Fsp3) is 0.261. The lowest BCUT2D eigenvalue weighted by atomic mass is 10.2. The minimum Gasteiger partial charge on any atom is -0.489 e. The summed E-state index contributed by atoms with van der Waals surface area (Å²) in [5.74, 6) is 1.27. The summed E-state index contributed by atoms with van der Waals surface area (Å²) in [5.41, 5.74) is 2.35. The van der Waals surface area contributed by atoms with Crippen molar-refractivity contribution in [2.75, 3.05) is 11.9 Å². The van der Waals surface area contributed by atoms with Crippen molar-refractivity contribution < 1.29 is 22.5 Å². The second-order valence-corrected chi connectivity index (χ2v) is 9.32. The number of sulfonamides is 1. The Labute approximate surface area is 191 Å². The molecule has 4 rings (SSSR count). The standard InChI is InChI=1S/C23H24N4O5S/c1-15-21(16(2)32-26-15)14-31-19-8-3-6-17(12-19)23(28)25-18-7-4-9-20(13-18)33(29,30)27-22-10-5-11-24-22/h3-4,6-9,12-13H,5,10-11,14H2,1-2H3,(H,24,27)(H,25,28). The molecule has 0 saturated carbocycles. The number of carbonyl (C=O) groups excluding carboxylic acids is 1. The lowest BCUT2D eigenvalue weighted by Crippen LogP contribution is -2.29. The lowest BCUT2D eigenvalue weighted by molar-refractivity contribution is 0.102. The number of aromatic nitrogens is 1. The van der Waals surface area contributed by atoms with Crippen LogP contribution in [0.1, 0.15) is 40.2 Å². The van der Waals surface area contributed by atoms with E-state index in [1.54, 1.807) is 36.4 Å². The molecule has 0 radical (unpaired) electrons. The highest BCUT2D eigenvalue weighted by molar-refractivity contribution is 7.90. The third-order valence-electron chi connectivity index (χ3n) is 5.19. The van der Waals surface area contributed by atoms with Gasteiger partial charge in [-0.3, -0.25) is 14.5 Å². The summed E-state index contributed by atoms with van der Waals surface area (Å²) in [6.45, 7) is 4.54. The fourth-order valence-electron chi connectivity index (χ4n) is 3.37. The molecular formula is C23H24N4O5S. The van der Waals surface area contributed by atoms with Gasteiger partial charge in [0.1, 0.15) is 24.0 Å². The molecule has 9 nitrogen and oxygen atoms in total. The van der Waals surface area contributed by atoms with Gasteiger partial charge in [-0.2, -0.15) is 0 Å². The van der Waals surface area contributed by atoms with Crippen LogP contribution >= 0.6 is 0 Å². The van der Waals surface area contributed by atoms with Gasteiger partial charge in [-0.25, -0.2) is 8.42 Å². The molecule has 2 aromatic carbocycles. The molecule has 2 N–H and O–H groups in total. The first kappa shape index (κ1) is 22.5. The predicted molar refractivity (Wildman–Crippen MR) is 123 cm³/mol. The molecule has 1 amide bonds. The molecule has 0 fully saturated rings. The number of ether oxygens (including phenoxy) is 1. The third kappa shape index (κ3) is 5.40. The number of hydrogen-bond donors (Lipinski definition) is 2. The Hall–Kier alpha value is -3.66. The molecule has 172 valence electrons. The molecule has 0 saturated heterocycles. The van der Waals surface area contributed by atoms with E-state index >= 15 is 0 Å². The Morgan fingerprint density at radius 1 is 1.15 bits per heavy atom. The molecule has 0 spiro atoms. The van der Waals surface area contributed by atoms with Crippen LogP contribution in [0.15, 0.2) is 62.9 Å². The number of aliphatic imine (C=N–C) groups is 1. The highest BCUT2D eigenvalue weighted by atomic mass is 32.2. The number of amidine groups is 1. The van der Waals surface area contributed by atoms with E-state index < -0.39 is 10.0 Å². The van der Waals surface area contributed by atoms with Gasteiger partial charge in [0.05, 0.1) is 16.2 Å². The molecule has 3 aromatic rings. The zero-order chi connectivity index (χ0) is 23.4. The number of nitrogens with zero attached hydrogens (tertiary/aromatic N) is 2. The summed E-state index contributed by atoms with van der Waals surface area (Å²) in [5, 5.41) is 6.64. The maximum Gasteiger partial charge on any atom is 0.262 e.